The number of hydrogen-bond donors (Lipinski definition) is 0. The zero-order valence-electron chi connectivity index (χ0n) is 11.9. The van der Waals surface area contributed by atoms with Crippen LogP contribution in [0.25, 0.3) is 0 Å². The number of likely N-dealkylation sites (N-methyl/N-ethyl adjacent to an activating group) is 2. The number of nitrogens with zero attached hydrogens (tertiary/aromatic N) is 2. The lowest BCUT2D eigenvalue weighted by atomic mass is 10.0. The van der Waals surface area contributed by atoms with E-state index >= 15 is 0 Å². The molecule has 0 amide bonds. The predicted molar refractivity (Wildman–Crippen MR) is 73.6 cm³/mol. The fourth-order valence-corrected chi connectivity index (χ4v) is 2.53. The summed E-state index contributed by atoms with van der Waals surface area (Å²) in [4.78, 5) is 16.4. The van der Waals surface area contributed by atoms with Crippen molar-refractivity contribution in [2.45, 2.75) is 18.9 Å². The van der Waals surface area contributed by atoms with Gasteiger partial charge < -0.3 is 9.80 Å². The number of rotatable bonds is 4. The normalized spacial score (nSPS) is 21.1. The fraction of sp³-hybridized carbons (Fsp3) is 0.533. The highest BCUT2D eigenvalue weighted by Gasteiger charge is 2.24. The van der Waals surface area contributed by atoms with Crippen molar-refractivity contribution >= 4 is 5.78 Å². The summed E-state index contributed by atoms with van der Waals surface area (Å²) in [6, 6.07) is 3.53. The minimum atomic E-state index is -0.646. The summed E-state index contributed by atoms with van der Waals surface area (Å²) in [5, 5.41) is 0. The lowest BCUT2D eigenvalue weighted by Crippen LogP contribution is -2.50. The van der Waals surface area contributed by atoms with Crippen LogP contribution in [0.15, 0.2) is 18.2 Å². The quantitative estimate of drug-likeness (QED) is 0.840. The summed E-state index contributed by atoms with van der Waals surface area (Å²) in [5.74, 6) is -1.28. The van der Waals surface area contributed by atoms with Crippen LogP contribution in [0, 0.1) is 11.6 Å². The van der Waals surface area contributed by atoms with Crippen molar-refractivity contribution in [3.05, 3.63) is 35.4 Å². The molecule has 1 aliphatic heterocycles. The van der Waals surface area contributed by atoms with E-state index in [0.717, 1.165) is 25.7 Å². The molecule has 0 N–H and O–H groups in total. The Balaban J connectivity index is 1.94. The Hall–Kier alpha value is -1.33. The van der Waals surface area contributed by atoms with Crippen LogP contribution in [-0.2, 0) is 11.2 Å². The maximum absolute atomic E-state index is 13.5. The molecule has 1 atom stereocenters. The highest BCUT2D eigenvalue weighted by Crippen LogP contribution is 2.14. The van der Waals surface area contributed by atoms with Gasteiger partial charge in [0, 0.05) is 44.6 Å². The van der Waals surface area contributed by atoms with Crippen LogP contribution in [-0.4, -0.2) is 55.4 Å². The molecule has 1 unspecified atom stereocenters. The van der Waals surface area contributed by atoms with Crippen molar-refractivity contribution in [2.75, 3.05) is 33.7 Å². The second-order valence-corrected chi connectivity index (χ2v) is 5.55. The molecule has 0 aliphatic carbocycles. The lowest BCUT2D eigenvalue weighted by molar-refractivity contribution is -0.120. The van der Waals surface area contributed by atoms with Crippen molar-refractivity contribution in [1.82, 2.24) is 9.80 Å². The zero-order valence-corrected chi connectivity index (χ0v) is 11.9. The lowest BCUT2D eigenvalue weighted by Gasteiger charge is -2.37. The summed E-state index contributed by atoms with van der Waals surface area (Å²) in [7, 11) is 4.04. The van der Waals surface area contributed by atoms with Crippen LogP contribution in [0.2, 0.25) is 0 Å². The van der Waals surface area contributed by atoms with Gasteiger partial charge in [-0.1, -0.05) is 6.07 Å². The van der Waals surface area contributed by atoms with Gasteiger partial charge in [-0.15, -0.1) is 0 Å². The smallest absolute Gasteiger partial charge is 0.138 e. The molecule has 0 aromatic heterocycles. The third-order valence-corrected chi connectivity index (χ3v) is 3.85. The fourth-order valence-electron chi connectivity index (χ4n) is 2.53. The van der Waals surface area contributed by atoms with Crippen molar-refractivity contribution in [3.8, 4) is 0 Å². The monoisotopic (exact) mass is 282 g/mol. The summed E-state index contributed by atoms with van der Waals surface area (Å²) >= 11 is 0. The van der Waals surface area contributed by atoms with Crippen LogP contribution in [0.3, 0.4) is 0 Å². The van der Waals surface area contributed by atoms with E-state index < -0.39 is 11.6 Å². The highest BCUT2D eigenvalue weighted by molar-refractivity contribution is 5.81. The van der Waals surface area contributed by atoms with Crippen molar-refractivity contribution in [3.63, 3.8) is 0 Å². The summed E-state index contributed by atoms with van der Waals surface area (Å²) in [6.45, 7) is 2.77. The second-order valence-electron chi connectivity index (χ2n) is 5.55. The maximum Gasteiger partial charge on any atom is 0.138 e. The minimum absolute atomic E-state index is 0.0114. The van der Waals surface area contributed by atoms with Gasteiger partial charge in [-0.2, -0.15) is 0 Å². The topological polar surface area (TPSA) is 23.6 Å². The molecular weight excluding hydrogens is 262 g/mol. The molecule has 0 saturated carbocycles. The summed E-state index contributed by atoms with van der Waals surface area (Å²) < 4.78 is 26.3. The van der Waals surface area contributed by atoms with Gasteiger partial charge in [0.05, 0.1) is 0 Å². The third kappa shape index (κ3) is 3.84. The number of ketones is 1. The Morgan fingerprint density at radius 3 is 2.75 bits per heavy atom. The van der Waals surface area contributed by atoms with E-state index in [2.05, 4.69) is 9.80 Å². The number of benzene rings is 1. The van der Waals surface area contributed by atoms with Crippen molar-refractivity contribution in [1.29, 1.82) is 0 Å². The van der Waals surface area contributed by atoms with Crippen LogP contribution in [0.1, 0.15) is 12.0 Å². The summed E-state index contributed by atoms with van der Waals surface area (Å²) in [6.07, 6.45) is 0.428. The molecule has 110 valence electrons. The van der Waals surface area contributed by atoms with Gasteiger partial charge in [-0.25, -0.2) is 8.78 Å². The van der Waals surface area contributed by atoms with E-state index in [1.165, 1.54) is 12.1 Å². The van der Waals surface area contributed by atoms with Gasteiger partial charge in [0.25, 0.3) is 0 Å². The zero-order chi connectivity index (χ0) is 14.7. The first-order valence-corrected chi connectivity index (χ1v) is 6.80. The van der Waals surface area contributed by atoms with E-state index in [4.69, 9.17) is 0 Å². The number of Topliss-reactive ketones (excluding diaryl/α,β-unsaturated/α-hetero) is 1. The second kappa shape index (κ2) is 6.41. The molecule has 0 spiro atoms. The Morgan fingerprint density at radius 2 is 2.05 bits per heavy atom. The molecule has 1 aromatic carbocycles. The van der Waals surface area contributed by atoms with Crippen LogP contribution in [0.4, 0.5) is 8.78 Å². The maximum atomic E-state index is 13.5. The number of carbonyl (C=O) groups excluding carboxylic acids is 1. The van der Waals surface area contributed by atoms with Crippen LogP contribution in [0.5, 0.6) is 0 Å². The van der Waals surface area contributed by atoms with Gasteiger partial charge in [-0.3, -0.25) is 4.79 Å². The largest absolute Gasteiger partial charge is 0.304 e. The standard InChI is InChI=1S/C15H20F2N2O/c1-18-5-6-19(2)13(10-18)9-14(20)7-11-3-4-12(16)8-15(11)17/h3-4,8,13H,5-7,9-10H2,1-2H3. The molecule has 1 heterocycles. The van der Waals surface area contributed by atoms with Gasteiger partial charge in [0.15, 0.2) is 0 Å². The number of piperazine rings is 1. The average Bonchev–Trinajstić information content (AvgIpc) is 2.37. The molecule has 1 aliphatic rings. The molecule has 2 rings (SSSR count). The van der Waals surface area contributed by atoms with Crippen molar-refractivity contribution < 1.29 is 13.6 Å². The van der Waals surface area contributed by atoms with Gasteiger partial charge in [0.2, 0.25) is 0 Å². The molecule has 5 heteroatoms. The van der Waals surface area contributed by atoms with E-state index in [-0.39, 0.29) is 23.8 Å². The Labute approximate surface area is 118 Å². The van der Waals surface area contributed by atoms with E-state index in [1.54, 1.807) is 0 Å². The number of hydrogen-bond acceptors (Lipinski definition) is 3. The van der Waals surface area contributed by atoms with Crippen molar-refractivity contribution in [2.24, 2.45) is 0 Å². The van der Waals surface area contributed by atoms with Gasteiger partial charge in [0.1, 0.15) is 17.4 Å². The predicted octanol–water partition coefficient (Wildman–Crippen LogP) is 1.71. The summed E-state index contributed by atoms with van der Waals surface area (Å²) in [5.41, 5.74) is 0.267. The molecule has 20 heavy (non-hydrogen) atoms. The molecule has 3 nitrogen and oxygen atoms in total. The molecule has 0 bridgehead atoms. The Kier molecular flexibility index (Phi) is 4.83. The Morgan fingerprint density at radius 1 is 1.30 bits per heavy atom. The third-order valence-electron chi connectivity index (χ3n) is 3.85. The molecule has 1 aromatic rings. The first-order valence-electron chi connectivity index (χ1n) is 6.80. The SMILES string of the molecule is CN1CCN(C)C(CC(=O)Cc2ccc(F)cc2F)C1. The number of carbonyl (C=O) groups is 1. The minimum Gasteiger partial charge on any atom is -0.304 e. The average molecular weight is 282 g/mol. The molecule has 0 radical (unpaired) electrons. The first-order chi connectivity index (χ1) is 9.45. The van der Waals surface area contributed by atoms with Gasteiger partial charge >= 0.3 is 0 Å². The highest BCUT2D eigenvalue weighted by atomic mass is 19.1. The molecular formula is C15H20F2N2O. The molecule has 1 fully saturated rings. The van der Waals surface area contributed by atoms with Gasteiger partial charge in [-0.05, 0) is 25.7 Å². The first kappa shape index (κ1) is 15.1. The van der Waals surface area contributed by atoms with Crippen LogP contribution >= 0.6 is 0 Å². The van der Waals surface area contributed by atoms with E-state index in [9.17, 15) is 13.6 Å². The number of halogens is 2. The molecule has 1 saturated heterocycles. The van der Waals surface area contributed by atoms with E-state index in [1.807, 2.05) is 14.1 Å². The Bertz CT molecular complexity index is 493. The van der Waals surface area contributed by atoms with E-state index in [0.29, 0.717) is 6.42 Å². The van der Waals surface area contributed by atoms with Crippen LogP contribution < -0.4 is 0 Å².